The van der Waals surface area contributed by atoms with Crippen LogP contribution in [0.2, 0.25) is 0 Å². The van der Waals surface area contributed by atoms with Crippen molar-refractivity contribution in [2.75, 3.05) is 19.5 Å². The normalized spacial score (nSPS) is 28.3. The van der Waals surface area contributed by atoms with Crippen LogP contribution in [0, 0.1) is 0 Å². The molecule has 3 atom stereocenters. The highest BCUT2D eigenvalue weighted by atomic mass is 32.2. The maximum absolute atomic E-state index is 9.64. The van der Waals surface area contributed by atoms with Crippen molar-refractivity contribution in [3.8, 4) is 5.75 Å². The zero-order chi connectivity index (χ0) is 12.3. The fraction of sp³-hybridized carbons (Fsp3) is 0.500. The minimum atomic E-state index is -0.794. The van der Waals surface area contributed by atoms with Gasteiger partial charge in [-0.3, -0.25) is 0 Å². The van der Waals surface area contributed by atoms with Gasteiger partial charge in [0.25, 0.3) is 0 Å². The number of aliphatic hydroxyl groups excluding tert-OH is 2. The van der Waals surface area contributed by atoms with Gasteiger partial charge in [0.15, 0.2) is 0 Å². The molecular weight excluding hydrogens is 240 g/mol. The summed E-state index contributed by atoms with van der Waals surface area (Å²) in [4.78, 5) is 1.01. The molecular formula is C12H16O4S. The minimum absolute atomic E-state index is 0.207. The van der Waals surface area contributed by atoms with Gasteiger partial charge in [0.05, 0.1) is 19.8 Å². The Kier molecular flexibility index (Phi) is 4.28. The predicted octanol–water partition coefficient (Wildman–Crippen LogP) is 0.908. The summed E-state index contributed by atoms with van der Waals surface area (Å²) in [5, 5.41) is 19.0. The van der Waals surface area contributed by atoms with Gasteiger partial charge in [-0.1, -0.05) is 12.1 Å². The van der Waals surface area contributed by atoms with Crippen LogP contribution in [-0.4, -0.2) is 48.0 Å². The Morgan fingerprint density at radius 1 is 1.41 bits per heavy atom. The van der Waals surface area contributed by atoms with Crippen molar-refractivity contribution in [2.24, 2.45) is 0 Å². The Labute approximate surface area is 105 Å². The van der Waals surface area contributed by atoms with Crippen LogP contribution in [0.5, 0.6) is 5.75 Å². The Morgan fingerprint density at radius 3 is 2.82 bits per heavy atom. The van der Waals surface area contributed by atoms with E-state index in [0.717, 1.165) is 10.6 Å². The maximum atomic E-state index is 9.64. The van der Waals surface area contributed by atoms with Crippen LogP contribution in [0.3, 0.4) is 0 Å². The second-order valence-corrected chi connectivity index (χ2v) is 4.95. The van der Waals surface area contributed by atoms with Gasteiger partial charge in [-0.05, 0) is 12.1 Å². The molecule has 0 bridgehead atoms. The van der Waals surface area contributed by atoms with Crippen molar-refractivity contribution in [3.63, 3.8) is 0 Å². The molecule has 0 aromatic heterocycles. The lowest BCUT2D eigenvalue weighted by Crippen LogP contribution is -2.31. The van der Waals surface area contributed by atoms with Gasteiger partial charge in [0.1, 0.15) is 18.0 Å². The van der Waals surface area contributed by atoms with Gasteiger partial charge < -0.3 is 19.7 Å². The molecule has 1 aromatic carbocycles. The average molecular weight is 256 g/mol. The molecule has 1 aliphatic rings. The molecule has 1 fully saturated rings. The number of thioether (sulfide) groups is 1. The highest BCUT2D eigenvalue weighted by molar-refractivity contribution is 7.99. The van der Waals surface area contributed by atoms with Gasteiger partial charge in [-0.2, -0.15) is 0 Å². The van der Waals surface area contributed by atoms with E-state index in [2.05, 4.69) is 0 Å². The largest absolute Gasteiger partial charge is 0.496 e. The van der Waals surface area contributed by atoms with Crippen molar-refractivity contribution >= 4 is 11.8 Å². The van der Waals surface area contributed by atoms with E-state index in [0.29, 0.717) is 5.75 Å². The SMILES string of the molecule is COc1ccccc1SCC1OCC(O)C1O. The van der Waals surface area contributed by atoms with E-state index >= 15 is 0 Å². The second kappa shape index (κ2) is 5.73. The van der Waals surface area contributed by atoms with Gasteiger partial charge in [-0.15, -0.1) is 11.8 Å². The van der Waals surface area contributed by atoms with Crippen LogP contribution in [0.25, 0.3) is 0 Å². The molecule has 2 N–H and O–H groups in total. The molecule has 0 radical (unpaired) electrons. The van der Waals surface area contributed by atoms with Gasteiger partial charge in [0, 0.05) is 10.6 Å². The number of methoxy groups -OCH3 is 1. The molecule has 0 spiro atoms. The number of para-hydroxylation sites is 1. The predicted molar refractivity (Wildman–Crippen MR) is 65.5 cm³/mol. The molecule has 2 rings (SSSR count). The van der Waals surface area contributed by atoms with Crippen LogP contribution in [0.15, 0.2) is 29.2 Å². The van der Waals surface area contributed by atoms with E-state index in [1.54, 1.807) is 18.9 Å². The minimum Gasteiger partial charge on any atom is -0.496 e. The third-order valence-electron chi connectivity index (χ3n) is 2.73. The third kappa shape index (κ3) is 2.93. The fourth-order valence-electron chi connectivity index (χ4n) is 1.72. The third-order valence-corrected chi connectivity index (χ3v) is 3.87. The molecule has 1 aromatic rings. The molecule has 1 saturated heterocycles. The first kappa shape index (κ1) is 12.7. The van der Waals surface area contributed by atoms with E-state index in [-0.39, 0.29) is 12.7 Å². The zero-order valence-electron chi connectivity index (χ0n) is 9.57. The lowest BCUT2D eigenvalue weighted by molar-refractivity contribution is 0.0337. The van der Waals surface area contributed by atoms with Gasteiger partial charge >= 0.3 is 0 Å². The molecule has 4 nitrogen and oxygen atoms in total. The topological polar surface area (TPSA) is 58.9 Å². The summed E-state index contributed by atoms with van der Waals surface area (Å²) in [6.45, 7) is 0.207. The summed E-state index contributed by atoms with van der Waals surface area (Å²) in [5.74, 6) is 1.41. The molecule has 0 amide bonds. The number of hydrogen-bond acceptors (Lipinski definition) is 5. The Bertz CT molecular complexity index is 371. The van der Waals surface area contributed by atoms with E-state index in [1.807, 2.05) is 24.3 Å². The summed E-state index contributed by atoms with van der Waals surface area (Å²) in [6.07, 6.45) is -1.88. The van der Waals surface area contributed by atoms with Gasteiger partial charge in [-0.25, -0.2) is 0 Å². The first-order chi connectivity index (χ1) is 8.22. The second-order valence-electron chi connectivity index (χ2n) is 3.89. The standard InChI is InChI=1S/C12H16O4S/c1-15-9-4-2-3-5-11(9)17-7-10-12(14)8(13)6-16-10/h2-5,8,10,12-14H,6-7H2,1H3. The number of ether oxygens (including phenoxy) is 2. The summed E-state index contributed by atoms with van der Waals surface area (Å²) < 4.78 is 10.5. The van der Waals surface area contributed by atoms with E-state index in [1.165, 1.54) is 0 Å². The zero-order valence-corrected chi connectivity index (χ0v) is 10.4. The van der Waals surface area contributed by atoms with Crippen molar-refractivity contribution in [1.82, 2.24) is 0 Å². The van der Waals surface area contributed by atoms with Crippen molar-refractivity contribution in [1.29, 1.82) is 0 Å². The Balaban J connectivity index is 1.94. The number of benzene rings is 1. The Hall–Kier alpha value is -0.750. The first-order valence-corrected chi connectivity index (χ1v) is 6.44. The fourth-order valence-corrected chi connectivity index (χ4v) is 2.83. The van der Waals surface area contributed by atoms with Crippen LogP contribution >= 0.6 is 11.8 Å². The maximum Gasteiger partial charge on any atom is 0.132 e. The lowest BCUT2D eigenvalue weighted by atomic mass is 10.2. The molecule has 94 valence electrons. The molecule has 1 aliphatic heterocycles. The summed E-state index contributed by atoms with van der Waals surface area (Å²) >= 11 is 1.55. The highest BCUT2D eigenvalue weighted by Crippen LogP contribution is 2.31. The van der Waals surface area contributed by atoms with E-state index < -0.39 is 12.2 Å². The van der Waals surface area contributed by atoms with E-state index in [9.17, 15) is 10.2 Å². The average Bonchev–Trinajstić information content (AvgIpc) is 2.68. The van der Waals surface area contributed by atoms with Crippen LogP contribution < -0.4 is 4.74 Å². The summed E-state index contributed by atoms with van der Waals surface area (Å²) in [6, 6.07) is 7.70. The number of rotatable bonds is 4. The highest BCUT2D eigenvalue weighted by Gasteiger charge is 2.34. The van der Waals surface area contributed by atoms with Crippen LogP contribution in [0.4, 0.5) is 0 Å². The van der Waals surface area contributed by atoms with Crippen LogP contribution in [0.1, 0.15) is 0 Å². The lowest BCUT2D eigenvalue weighted by Gasteiger charge is -2.15. The van der Waals surface area contributed by atoms with Crippen molar-refractivity contribution in [3.05, 3.63) is 24.3 Å². The van der Waals surface area contributed by atoms with Crippen LogP contribution in [-0.2, 0) is 4.74 Å². The quantitative estimate of drug-likeness (QED) is 0.784. The van der Waals surface area contributed by atoms with Crippen molar-refractivity contribution < 1.29 is 19.7 Å². The van der Waals surface area contributed by atoms with Gasteiger partial charge in [0.2, 0.25) is 0 Å². The molecule has 17 heavy (non-hydrogen) atoms. The van der Waals surface area contributed by atoms with E-state index in [4.69, 9.17) is 9.47 Å². The molecule has 1 heterocycles. The Morgan fingerprint density at radius 2 is 2.18 bits per heavy atom. The summed E-state index contributed by atoms with van der Waals surface area (Å²) in [5.41, 5.74) is 0. The number of hydrogen-bond donors (Lipinski definition) is 2. The first-order valence-electron chi connectivity index (χ1n) is 5.46. The monoisotopic (exact) mass is 256 g/mol. The molecule has 0 aliphatic carbocycles. The molecule has 0 saturated carbocycles. The smallest absolute Gasteiger partial charge is 0.132 e. The molecule has 5 heteroatoms. The number of aliphatic hydroxyl groups is 2. The summed E-state index contributed by atoms with van der Waals surface area (Å²) in [7, 11) is 1.63. The van der Waals surface area contributed by atoms with Crippen molar-refractivity contribution in [2.45, 2.75) is 23.2 Å². The molecule has 3 unspecified atom stereocenters.